The molecule has 2 aromatic carbocycles. The Morgan fingerprint density at radius 2 is 1.83 bits per heavy atom. The molecule has 1 aliphatic heterocycles. The Morgan fingerprint density at radius 3 is 2.57 bits per heavy atom. The molecule has 3 atom stereocenters. The van der Waals surface area contributed by atoms with Crippen LogP contribution in [0.4, 0.5) is 0 Å². The second-order valence-electron chi connectivity index (χ2n) is 8.47. The number of methoxy groups -OCH3 is 2. The summed E-state index contributed by atoms with van der Waals surface area (Å²) < 4.78 is 17.1. The molecule has 0 radical (unpaired) electrons. The number of aliphatic hydroxyl groups is 2. The van der Waals surface area contributed by atoms with Crippen molar-refractivity contribution in [3.05, 3.63) is 57.6 Å². The molecule has 1 saturated heterocycles. The van der Waals surface area contributed by atoms with Gasteiger partial charge in [0.25, 0.3) is 0 Å². The largest absolute Gasteiger partial charge is 0.497 e. The van der Waals surface area contributed by atoms with Crippen LogP contribution in [0.2, 0.25) is 0 Å². The van der Waals surface area contributed by atoms with E-state index in [1.807, 2.05) is 12.1 Å². The Kier molecular flexibility index (Phi) is 6.32. The first-order valence-corrected chi connectivity index (χ1v) is 10.8. The number of benzene rings is 2. The molecule has 2 aliphatic rings. The van der Waals surface area contributed by atoms with Gasteiger partial charge in [-0.05, 0) is 65.6 Å². The smallest absolute Gasteiger partial charge is 0.126 e. The molecule has 0 spiro atoms. The van der Waals surface area contributed by atoms with Gasteiger partial charge in [-0.25, -0.2) is 0 Å². The minimum atomic E-state index is -0.446. The van der Waals surface area contributed by atoms with Crippen molar-refractivity contribution in [1.29, 1.82) is 0 Å². The van der Waals surface area contributed by atoms with Gasteiger partial charge < -0.3 is 24.4 Å². The zero-order valence-corrected chi connectivity index (χ0v) is 18.1. The van der Waals surface area contributed by atoms with E-state index in [0.29, 0.717) is 12.8 Å². The molecule has 0 saturated carbocycles. The molecule has 1 fully saturated rings. The van der Waals surface area contributed by atoms with Gasteiger partial charge in [0.2, 0.25) is 0 Å². The molecule has 1 aliphatic carbocycles. The second-order valence-corrected chi connectivity index (χ2v) is 8.47. The number of hydrogen-bond donors (Lipinski definition) is 2. The highest BCUT2D eigenvalue weighted by Gasteiger charge is 2.32. The zero-order valence-electron chi connectivity index (χ0n) is 18.1. The lowest BCUT2D eigenvalue weighted by Crippen LogP contribution is -2.34. The molecule has 2 aromatic rings. The Balaban J connectivity index is 1.73. The van der Waals surface area contributed by atoms with Crippen molar-refractivity contribution < 1.29 is 24.4 Å². The number of rotatable bonds is 6. The Labute approximate surface area is 178 Å². The molecule has 0 aromatic heterocycles. The maximum absolute atomic E-state index is 10.3. The molecule has 0 unspecified atom stereocenters. The lowest BCUT2D eigenvalue weighted by molar-refractivity contribution is -0.114. The predicted octanol–water partition coefficient (Wildman–Crippen LogP) is 3.67. The van der Waals surface area contributed by atoms with Crippen LogP contribution in [0.5, 0.6) is 11.5 Å². The summed E-state index contributed by atoms with van der Waals surface area (Å²) in [7, 11) is 3.35. The van der Waals surface area contributed by atoms with Gasteiger partial charge in [0, 0.05) is 25.3 Å². The molecule has 5 heteroatoms. The Hall–Kier alpha value is -2.08. The van der Waals surface area contributed by atoms with Crippen molar-refractivity contribution in [3.8, 4) is 11.5 Å². The van der Waals surface area contributed by atoms with Crippen LogP contribution in [-0.4, -0.2) is 43.2 Å². The van der Waals surface area contributed by atoms with Crippen LogP contribution in [0, 0.1) is 6.92 Å². The fraction of sp³-hybridized carbons (Fsp3) is 0.520. The summed E-state index contributed by atoms with van der Waals surface area (Å²) in [5.74, 6) is 1.61. The average Bonchev–Trinajstić information content (AvgIpc) is 3.26. The van der Waals surface area contributed by atoms with Crippen LogP contribution < -0.4 is 9.47 Å². The first kappa shape index (κ1) is 21.2. The van der Waals surface area contributed by atoms with E-state index >= 15 is 0 Å². The fourth-order valence-corrected chi connectivity index (χ4v) is 5.07. The van der Waals surface area contributed by atoms with E-state index in [4.69, 9.17) is 14.2 Å². The molecular formula is C25H32O5. The molecule has 5 nitrogen and oxygen atoms in total. The van der Waals surface area contributed by atoms with Gasteiger partial charge in [-0.15, -0.1) is 0 Å². The molecule has 0 amide bonds. The predicted molar refractivity (Wildman–Crippen MR) is 115 cm³/mol. The van der Waals surface area contributed by atoms with E-state index in [1.165, 1.54) is 28.7 Å². The third-order valence-electron chi connectivity index (χ3n) is 6.62. The van der Waals surface area contributed by atoms with E-state index < -0.39 is 6.10 Å². The van der Waals surface area contributed by atoms with Crippen LogP contribution in [-0.2, 0) is 24.0 Å². The summed E-state index contributed by atoms with van der Waals surface area (Å²) in [6.07, 6.45) is 4.25. The molecule has 0 bridgehead atoms. The summed E-state index contributed by atoms with van der Waals surface area (Å²) in [6.45, 7) is 2.11. The highest BCUT2D eigenvalue weighted by molar-refractivity contribution is 5.52. The van der Waals surface area contributed by atoms with E-state index in [-0.39, 0.29) is 18.8 Å². The monoisotopic (exact) mass is 412 g/mol. The standard InChI is InChI=1S/C25H32O5/c1-15-21-5-4-6-22(21)17(9-16-7-8-19(28-2)13-24(16)29-3)10-23(15)25-12-18(27)11-20(14-26)30-25/h7-8,10,13,18,20,25-27H,4-6,9,11-12,14H2,1-3H3/t18-,20-,25+/m0/s1. The van der Waals surface area contributed by atoms with Gasteiger partial charge in [0.1, 0.15) is 11.5 Å². The maximum Gasteiger partial charge on any atom is 0.126 e. The van der Waals surface area contributed by atoms with Crippen LogP contribution in [0.15, 0.2) is 24.3 Å². The van der Waals surface area contributed by atoms with Crippen molar-refractivity contribution in [2.75, 3.05) is 20.8 Å². The topological polar surface area (TPSA) is 68.2 Å². The summed E-state index contributed by atoms with van der Waals surface area (Å²) in [5, 5.41) is 19.9. The van der Waals surface area contributed by atoms with Gasteiger partial charge in [0.15, 0.2) is 0 Å². The first-order valence-electron chi connectivity index (χ1n) is 10.8. The van der Waals surface area contributed by atoms with Gasteiger partial charge in [-0.1, -0.05) is 12.1 Å². The summed E-state index contributed by atoms with van der Waals surface area (Å²) in [6, 6.07) is 8.23. The third kappa shape index (κ3) is 4.07. The Bertz CT molecular complexity index is 907. The molecule has 162 valence electrons. The number of hydrogen-bond acceptors (Lipinski definition) is 5. The van der Waals surface area contributed by atoms with Crippen LogP contribution >= 0.6 is 0 Å². The van der Waals surface area contributed by atoms with Crippen molar-refractivity contribution in [2.45, 2.75) is 63.8 Å². The van der Waals surface area contributed by atoms with Crippen molar-refractivity contribution in [1.82, 2.24) is 0 Å². The van der Waals surface area contributed by atoms with Crippen molar-refractivity contribution in [3.63, 3.8) is 0 Å². The lowest BCUT2D eigenvalue weighted by atomic mass is 9.86. The van der Waals surface area contributed by atoms with Gasteiger partial charge in [0.05, 0.1) is 39.1 Å². The highest BCUT2D eigenvalue weighted by atomic mass is 16.5. The summed E-state index contributed by atoms with van der Waals surface area (Å²) in [5.41, 5.74) is 7.73. The number of aliphatic hydroxyl groups excluding tert-OH is 2. The van der Waals surface area contributed by atoms with Gasteiger partial charge in [-0.2, -0.15) is 0 Å². The molecular weight excluding hydrogens is 380 g/mol. The van der Waals surface area contributed by atoms with E-state index in [9.17, 15) is 10.2 Å². The van der Waals surface area contributed by atoms with E-state index in [0.717, 1.165) is 41.9 Å². The number of fused-ring (bicyclic) bond motifs is 1. The SMILES string of the molecule is COc1ccc(Cc2cc([C@H]3C[C@@H](O)C[C@@H](CO)O3)c(C)c3c2CCC3)c(OC)c1. The van der Waals surface area contributed by atoms with E-state index in [2.05, 4.69) is 19.1 Å². The van der Waals surface area contributed by atoms with Crippen molar-refractivity contribution >= 4 is 0 Å². The van der Waals surface area contributed by atoms with Gasteiger partial charge in [-0.3, -0.25) is 0 Å². The molecule has 1 heterocycles. The van der Waals surface area contributed by atoms with Gasteiger partial charge >= 0.3 is 0 Å². The lowest BCUT2D eigenvalue weighted by Gasteiger charge is -2.34. The number of ether oxygens (including phenoxy) is 3. The second kappa shape index (κ2) is 8.96. The quantitative estimate of drug-likeness (QED) is 0.758. The average molecular weight is 413 g/mol. The zero-order chi connectivity index (χ0) is 21.3. The van der Waals surface area contributed by atoms with Crippen LogP contribution in [0.1, 0.15) is 58.7 Å². The maximum atomic E-state index is 10.3. The van der Waals surface area contributed by atoms with Crippen molar-refractivity contribution in [2.24, 2.45) is 0 Å². The third-order valence-corrected chi connectivity index (χ3v) is 6.62. The normalized spacial score (nSPS) is 23.3. The first-order chi connectivity index (χ1) is 14.5. The molecule has 4 rings (SSSR count). The van der Waals surface area contributed by atoms with Crippen LogP contribution in [0.25, 0.3) is 0 Å². The minimum Gasteiger partial charge on any atom is -0.497 e. The summed E-state index contributed by atoms with van der Waals surface area (Å²) in [4.78, 5) is 0. The molecule has 2 N–H and O–H groups in total. The Morgan fingerprint density at radius 1 is 1.03 bits per heavy atom. The van der Waals surface area contributed by atoms with E-state index in [1.54, 1.807) is 14.2 Å². The van der Waals surface area contributed by atoms with Crippen LogP contribution in [0.3, 0.4) is 0 Å². The minimum absolute atomic E-state index is 0.0621. The summed E-state index contributed by atoms with van der Waals surface area (Å²) >= 11 is 0. The fourth-order valence-electron chi connectivity index (χ4n) is 5.07. The molecule has 30 heavy (non-hydrogen) atoms. The highest BCUT2D eigenvalue weighted by Crippen LogP contribution is 2.40.